The Balaban J connectivity index is 1.97. The van der Waals surface area contributed by atoms with Crippen LogP contribution in [0, 0.1) is 11.3 Å². The quantitative estimate of drug-likeness (QED) is 0.740. The predicted molar refractivity (Wildman–Crippen MR) is 86.0 cm³/mol. The van der Waals surface area contributed by atoms with Crippen molar-refractivity contribution < 1.29 is 4.74 Å². The fourth-order valence-corrected chi connectivity index (χ4v) is 4.75. The minimum atomic E-state index is 0.467. The van der Waals surface area contributed by atoms with Gasteiger partial charge in [0, 0.05) is 24.1 Å². The van der Waals surface area contributed by atoms with Gasteiger partial charge in [-0.25, -0.2) is 0 Å². The van der Waals surface area contributed by atoms with Gasteiger partial charge < -0.3 is 10.1 Å². The second-order valence-electron chi connectivity index (χ2n) is 7.06. The van der Waals surface area contributed by atoms with Crippen molar-refractivity contribution in [1.82, 2.24) is 5.32 Å². The molecular formula is C18H35NO. The lowest BCUT2D eigenvalue weighted by Gasteiger charge is -2.58. The molecule has 0 saturated heterocycles. The van der Waals surface area contributed by atoms with Crippen LogP contribution in [0.15, 0.2) is 0 Å². The van der Waals surface area contributed by atoms with Gasteiger partial charge in [-0.05, 0) is 39.0 Å². The molecule has 0 aromatic rings. The number of nitrogens with one attached hydrogen (secondary N) is 1. The first-order valence-electron chi connectivity index (χ1n) is 9.05. The van der Waals surface area contributed by atoms with Crippen LogP contribution in [0.5, 0.6) is 0 Å². The average Bonchev–Trinajstić information content (AvgIpc) is 2.48. The Bertz CT molecular complexity index is 281. The van der Waals surface area contributed by atoms with E-state index in [9.17, 15) is 0 Å². The molecule has 0 aromatic carbocycles. The van der Waals surface area contributed by atoms with Crippen molar-refractivity contribution in [1.29, 1.82) is 0 Å². The second-order valence-corrected chi connectivity index (χ2v) is 7.06. The normalized spacial score (nSPS) is 30.4. The van der Waals surface area contributed by atoms with E-state index in [0.717, 1.165) is 12.5 Å². The monoisotopic (exact) mass is 281 g/mol. The fraction of sp³-hybridized carbons (Fsp3) is 1.00. The second kappa shape index (κ2) is 7.26. The molecule has 1 N–H and O–H groups in total. The minimum absolute atomic E-state index is 0.467. The zero-order chi connectivity index (χ0) is 14.6. The van der Waals surface area contributed by atoms with Gasteiger partial charge in [0.05, 0.1) is 6.10 Å². The van der Waals surface area contributed by atoms with Gasteiger partial charge >= 0.3 is 0 Å². The van der Waals surface area contributed by atoms with Gasteiger partial charge in [0.25, 0.3) is 0 Å². The summed E-state index contributed by atoms with van der Waals surface area (Å²) in [5.41, 5.74) is 0.467. The maximum absolute atomic E-state index is 6.06. The van der Waals surface area contributed by atoms with Gasteiger partial charge in [0.15, 0.2) is 0 Å². The molecule has 20 heavy (non-hydrogen) atoms. The van der Waals surface area contributed by atoms with Crippen LogP contribution in [-0.2, 0) is 4.74 Å². The molecule has 0 aliphatic heterocycles. The van der Waals surface area contributed by atoms with E-state index in [-0.39, 0.29) is 0 Å². The first-order valence-corrected chi connectivity index (χ1v) is 9.05. The van der Waals surface area contributed by atoms with E-state index in [4.69, 9.17) is 4.74 Å². The van der Waals surface area contributed by atoms with Crippen LogP contribution in [0.1, 0.15) is 79.1 Å². The molecule has 0 bridgehead atoms. The first kappa shape index (κ1) is 16.3. The molecule has 0 heterocycles. The predicted octanol–water partition coefficient (Wildman–Crippen LogP) is 4.53. The summed E-state index contributed by atoms with van der Waals surface area (Å²) in [6.45, 7) is 10.1. The van der Waals surface area contributed by atoms with Gasteiger partial charge in [-0.1, -0.05) is 46.0 Å². The summed E-state index contributed by atoms with van der Waals surface area (Å²) in [6, 6.07) is 1.35. The molecule has 0 amide bonds. The Morgan fingerprint density at radius 2 is 1.75 bits per heavy atom. The Morgan fingerprint density at radius 3 is 2.30 bits per heavy atom. The summed E-state index contributed by atoms with van der Waals surface area (Å²) in [7, 11) is 0. The molecule has 0 radical (unpaired) electrons. The molecular weight excluding hydrogens is 246 g/mol. The third kappa shape index (κ3) is 3.06. The Hall–Kier alpha value is -0.0800. The summed E-state index contributed by atoms with van der Waals surface area (Å²) in [5, 5.41) is 3.99. The van der Waals surface area contributed by atoms with Gasteiger partial charge in [-0.15, -0.1) is 0 Å². The van der Waals surface area contributed by atoms with Gasteiger partial charge in [-0.2, -0.15) is 0 Å². The largest absolute Gasteiger partial charge is 0.378 e. The zero-order valence-corrected chi connectivity index (χ0v) is 14.1. The Morgan fingerprint density at radius 1 is 1.10 bits per heavy atom. The maximum atomic E-state index is 6.06. The van der Waals surface area contributed by atoms with Crippen molar-refractivity contribution in [2.24, 2.45) is 11.3 Å². The maximum Gasteiger partial charge on any atom is 0.0661 e. The molecule has 3 unspecified atom stereocenters. The Kier molecular flexibility index (Phi) is 5.92. The van der Waals surface area contributed by atoms with Gasteiger partial charge in [0.1, 0.15) is 0 Å². The molecule has 3 atom stereocenters. The molecule has 2 heteroatoms. The van der Waals surface area contributed by atoms with Crippen LogP contribution in [-0.4, -0.2) is 24.8 Å². The van der Waals surface area contributed by atoms with E-state index in [1.165, 1.54) is 51.4 Å². The third-order valence-corrected chi connectivity index (χ3v) is 6.16. The van der Waals surface area contributed by atoms with Crippen LogP contribution < -0.4 is 5.32 Å². The highest BCUT2D eigenvalue weighted by atomic mass is 16.5. The molecule has 118 valence electrons. The van der Waals surface area contributed by atoms with Crippen LogP contribution in [0.2, 0.25) is 0 Å². The third-order valence-electron chi connectivity index (χ3n) is 6.16. The van der Waals surface area contributed by atoms with Crippen molar-refractivity contribution in [3.05, 3.63) is 0 Å². The van der Waals surface area contributed by atoms with Crippen LogP contribution in [0.3, 0.4) is 0 Å². The van der Waals surface area contributed by atoms with E-state index in [1.54, 1.807) is 0 Å². The molecule has 2 aliphatic carbocycles. The smallest absolute Gasteiger partial charge is 0.0661 e. The zero-order valence-electron chi connectivity index (χ0n) is 14.1. The van der Waals surface area contributed by atoms with Crippen LogP contribution in [0.4, 0.5) is 0 Å². The van der Waals surface area contributed by atoms with E-state index in [0.29, 0.717) is 23.6 Å². The van der Waals surface area contributed by atoms with Crippen LogP contribution >= 0.6 is 0 Å². The van der Waals surface area contributed by atoms with Crippen molar-refractivity contribution in [3.63, 3.8) is 0 Å². The summed E-state index contributed by atoms with van der Waals surface area (Å²) in [6.07, 6.45) is 11.3. The number of ether oxygens (including phenoxy) is 1. The van der Waals surface area contributed by atoms with Crippen molar-refractivity contribution in [2.75, 3.05) is 6.61 Å². The lowest BCUT2D eigenvalue weighted by Crippen LogP contribution is -2.66. The van der Waals surface area contributed by atoms with Crippen molar-refractivity contribution >= 4 is 0 Å². The van der Waals surface area contributed by atoms with Gasteiger partial charge in [-0.3, -0.25) is 0 Å². The highest BCUT2D eigenvalue weighted by Crippen LogP contribution is 2.53. The summed E-state index contributed by atoms with van der Waals surface area (Å²) in [5.74, 6) is 0.821. The molecule has 2 fully saturated rings. The number of hydrogen-bond donors (Lipinski definition) is 1. The highest BCUT2D eigenvalue weighted by Gasteiger charge is 2.55. The fourth-order valence-electron chi connectivity index (χ4n) is 4.75. The number of rotatable bonds is 7. The van der Waals surface area contributed by atoms with E-state index in [2.05, 4.69) is 33.0 Å². The lowest BCUT2D eigenvalue weighted by molar-refractivity contribution is -0.152. The van der Waals surface area contributed by atoms with Gasteiger partial charge in [0.2, 0.25) is 0 Å². The molecule has 2 rings (SSSR count). The molecule has 1 spiro atoms. The average molecular weight is 281 g/mol. The van der Waals surface area contributed by atoms with E-state index >= 15 is 0 Å². The molecule has 0 aromatic heterocycles. The first-order chi connectivity index (χ1) is 9.67. The summed E-state index contributed by atoms with van der Waals surface area (Å²) in [4.78, 5) is 0. The SMILES string of the molecule is CCOC1CC(NC(C)C(CC)CC)C12CCCCC2. The lowest BCUT2D eigenvalue weighted by atomic mass is 9.55. The summed E-state index contributed by atoms with van der Waals surface area (Å²) >= 11 is 0. The highest BCUT2D eigenvalue weighted by molar-refractivity contribution is 5.09. The molecule has 2 saturated carbocycles. The Labute approximate surface area is 126 Å². The molecule has 2 nitrogen and oxygen atoms in total. The standard InChI is InChI=1S/C18H35NO/c1-5-15(6-2)14(4)19-16-13-17(20-7-3)18(16)11-9-8-10-12-18/h14-17,19H,5-13H2,1-4H3. The topological polar surface area (TPSA) is 21.3 Å². The van der Waals surface area contributed by atoms with E-state index in [1.807, 2.05) is 0 Å². The minimum Gasteiger partial charge on any atom is -0.378 e. The summed E-state index contributed by atoms with van der Waals surface area (Å²) < 4.78 is 6.06. The molecule has 2 aliphatic rings. The van der Waals surface area contributed by atoms with Crippen molar-refractivity contribution in [2.45, 2.75) is 97.2 Å². The van der Waals surface area contributed by atoms with E-state index < -0.39 is 0 Å². The van der Waals surface area contributed by atoms with Crippen molar-refractivity contribution in [3.8, 4) is 0 Å². The number of hydrogen-bond acceptors (Lipinski definition) is 2. The van der Waals surface area contributed by atoms with Crippen LogP contribution in [0.25, 0.3) is 0 Å².